The Morgan fingerprint density at radius 3 is 1.96 bits per heavy atom. The normalized spacial score (nSPS) is 15.4. The van der Waals surface area contributed by atoms with Crippen molar-refractivity contribution in [3.05, 3.63) is 29.8 Å². The zero-order valence-corrected chi connectivity index (χ0v) is 17.6. The maximum Gasteiger partial charge on any atom is 0.326 e. The van der Waals surface area contributed by atoms with Crippen LogP contribution in [0.4, 0.5) is 4.39 Å². The van der Waals surface area contributed by atoms with E-state index in [1.807, 2.05) is 0 Å². The quantitative estimate of drug-likeness (QED) is 0.601. The smallest absolute Gasteiger partial charge is 0.326 e. The van der Waals surface area contributed by atoms with Crippen molar-refractivity contribution in [1.29, 1.82) is 0 Å². The highest BCUT2D eigenvalue weighted by Crippen LogP contribution is 2.37. The van der Waals surface area contributed by atoms with E-state index in [2.05, 4.69) is 33.9 Å². The number of carbonyl (C=O) groups excluding carboxylic acids is 1. The SMILES string of the molecule is CC(C)(C)OC(=O)C(N)C(F)c1ccc(O[Si](C)(C)C(C)(C)C)cc1. The molecule has 0 bridgehead atoms. The standard InChI is InChI=1S/C19H32FNO3Si/c1-18(2,3)23-17(22)16(21)15(20)13-9-11-14(12-10-13)24-25(7,8)19(4,5)6/h9-12,15-16H,21H2,1-8H3. The van der Waals surface area contributed by atoms with E-state index in [4.69, 9.17) is 14.9 Å². The van der Waals surface area contributed by atoms with Gasteiger partial charge in [-0.3, -0.25) is 4.79 Å². The Morgan fingerprint density at radius 2 is 1.56 bits per heavy atom. The lowest BCUT2D eigenvalue weighted by molar-refractivity contribution is -0.158. The van der Waals surface area contributed by atoms with E-state index >= 15 is 0 Å². The first kappa shape index (κ1) is 21.6. The summed E-state index contributed by atoms with van der Waals surface area (Å²) in [6.07, 6.45) is -1.63. The Balaban J connectivity index is 2.83. The highest BCUT2D eigenvalue weighted by atomic mass is 28.4. The molecule has 0 aliphatic heterocycles. The zero-order valence-electron chi connectivity index (χ0n) is 16.6. The van der Waals surface area contributed by atoms with Crippen molar-refractivity contribution >= 4 is 14.3 Å². The zero-order chi connectivity index (χ0) is 19.6. The van der Waals surface area contributed by atoms with E-state index in [0.29, 0.717) is 11.3 Å². The van der Waals surface area contributed by atoms with Crippen molar-refractivity contribution in [1.82, 2.24) is 0 Å². The van der Waals surface area contributed by atoms with Crippen LogP contribution >= 0.6 is 0 Å². The predicted molar refractivity (Wildman–Crippen MR) is 102 cm³/mol. The van der Waals surface area contributed by atoms with Crippen molar-refractivity contribution in [2.24, 2.45) is 5.73 Å². The Bertz CT molecular complexity index is 588. The molecule has 6 heteroatoms. The lowest BCUT2D eigenvalue weighted by Crippen LogP contribution is -2.43. The number of hydrogen-bond donors (Lipinski definition) is 1. The minimum absolute atomic E-state index is 0.0768. The molecule has 2 N–H and O–H groups in total. The first-order valence-electron chi connectivity index (χ1n) is 8.55. The van der Waals surface area contributed by atoms with Crippen LogP contribution in [0.25, 0.3) is 0 Å². The maximum absolute atomic E-state index is 14.6. The summed E-state index contributed by atoms with van der Waals surface area (Å²) in [5.41, 5.74) is 5.36. The van der Waals surface area contributed by atoms with Crippen LogP contribution in [-0.2, 0) is 9.53 Å². The van der Waals surface area contributed by atoms with Gasteiger partial charge in [-0.05, 0) is 56.6 Å². The molecule has 0 saturated carbocycles. The number of rotatable bonds is 5. The van der Waals surface area contributed by atoms with E-state index < -0.39 is 32.1 Å². The molecular formula is C19H32FNO3Si. The average Bonchev–Trinajstić information content (AvgIpc) is 2.43. The van der Waals surface area contributed by atoms with Gasteiger partial charge in [0.1, 0.15) is 17.4 Å². The van der Waals surface area contributed by atoms with Gasteiger partial charge in [-0.2, -0.15) is 0 Å². The van der Waals surface area contributed by atoms with Crippen molar-refractivity contribution in [2.45, 2.75) is 77.5 Å². The summed E-state index contributed by atoms with van der Waals surface area (Å²) >= 11 is 0. The maximum atomic E-state index is 14.6. The Morgan fingerprint density at radius 1 is 1.08 bits per heavy atom. The highest BCUT2D eigenvalue weighted by molar-refractivity contribution is 6.74. The van der Waals surface area contributed by atoms with Gasteiger partial charge in [-0.25, -0.2) is 4.39 Å². The number of ether oxygens (including phenoxy) is 1. The molecule has 1 rings (SSSR count). The van der Waals surface area contributed by atoms with Gasteiger partial charge >= 0.3 is 5.97 Å². The van der Waals surface area contributed by atoms with Crippen molar-refractivity contribution in [3.8, 4) is 5.75 Å². The van der Waals surface area contributed by atoms with Crippen LogP contribution in [0.5, 0.6) is 5.75 Å². The number of benzene rings is 1. The van der Waals surface area contributed by atoms with Gasteiger partial charge in [0.05, 0.1) is 0 Å². The summed E-state index contributed by atoms with van der Waals surface area (Å²) in [6.45, 7) is 15.9. The van der Waals surface area contributed by atoms with E-state index in [9.17, 15) is 9.18 Å². The molecule has 0 radical (unpaired) electrons. The lowest BCUT2D eigenvalue weighted by atomic mass is 10.0. The van der Waals surface area contributed by atoms with Crippen LogP contribution in [0.1, 0.15) is 53.3 Å². The van der Waals surface area contributed by atoms with Crippen LogP contribution in [-0.4, -0.2) is 25.9 Å². The molecule has 0 heterocycles. The summed E-state index contributed by atoms with van der Waals surface area (Å²) in [6, 6.07) is 5.31. The summed E-state index contributed by atoms with van der Waals surface area (Å²) in [5.74, 6) is -0.0463. The first-order valence-corrected chi connectivity index (χ1v) is 11.5. The van der Waals surface area contributed by atoms with Gasteiger partial charge in [0.15, 0.2) is 6.17 Å². The van der Waals surface area contributed by atoms with Crippen molar-refractivity contribution in [2.75, 3.05) is 0 Å². The van der Waals surface area contributed by atoms with Crippen LogP contribution in [0.15, 0.2) is 24.3 Å². The third kappa shape index (κ3) is 6.11. The molecule has 0 aliphatic rings. The second-order valence-electron chi connectivity index (χ2n) is 8.89. The van der Waals surface area contributed by atoms with Gasteiger partial charge in [-0.1, -0.05) is 32.9 Å². The van der Waals surface area contributed by atoms with Gasteiger partial charge in [-0.15, -0.1) is 0 Å². The van der Waals surface area contributed by atoms with Crippen molar-refractivity contribution < 1.29 is 18.3 Å². The molecule has 0 aliphatic carbocycles. The Kier molecular flexibility index (Phi) is 6.45. The van der Waals surface area contributed by atoms with Gasteiger partial charge in [0.25, 0.3) is 0 Å². The molecule has 0 spiro atoms. The largest absolute Gasteiger partial charge is 0.544 e. The molecule has 142 valence electrons. The number of carbonyl (C=O) groups is 1. The van der Waals surface area contributed by atoms with Crippen LogP contribution < -0.4 is 10.2 Å². The molecule has 4 nitrogen and oxygen atoms in total. The van der Waals surface area contributed by atoms with Gasteiger partial charge < -0.3 is 14.9 Å². The van der Waals surface area contributed by atoms with E-state index in [1.54, 1.807) is 45.0 Å². The third-order valence-corrected chi connectivity index (χ3v) is 8.73. The second kappa shape index (κ2) is 7.46. The lowest BCUT2D eigenvalue weighted by Gasteiger charge is -2.36. The fourth-order valence-electron chi connectivity index (χ4n) is 1.86. The number of alkyl halides is 1. The number of nitrogens with two attached hydrogens (primary N) is 1. The summed E-state index contributed by atoms with van der Waals surface area (Å²) < 4.78 is 25.9. The Labute approximate surface area is 152 Å². The molecule has 0 aromatic heterocycles. The minimum atomic E-state index is -1.95. The van der Waals surface area contributed by atoms with Crippen molar-refractivity contribution in [3.63, 3.8) is 0 Å². The number of halogens is 1. The van der Waals surface area contributed by atoms with E-state index in [0.717, 1.165) is 0 Å². The molecule has 0 saturated heterocycles. The van der Waals surface area contributed by atoms with Gasteiger partial charge in [0.2, 0.25) is 8.32 Å². The number of esters is 1. The number of hydrogen-bond acceptors (Lipinski definition) is 4. The predicted octanol–water partition coefficient (Wildman–Crippen LogP) is 4.75. The third-order valence-electron chi connectivity index (χ3n) is 4.37. The van der Waals surface area contributed by atoms with E-state index in [-0.39, 0.29) is 5.04 Å². The van der Waals surface area contributed by atoms with Crippen LogP contribution in [0.2, 0.25) is 18.1 Å². The van der Waals surface area contributed by atoms with Crippen LogP contribution in [0.3, 0.4) is 0 Å². The molecular weight excluding hydrogens is 337 g/mol. The fraction of sp³-hybridized carbons (Fsp3) is 0.632. The summed E-state index contributed by atoms with van der Waals surface area (Å²) in [7, 11) is -1.95. The van der Waals surface area contributed by atoms with Gasteiger partial charge in [0, 0.05) is 0 Å². The summed E-state index contributed by atoms with van der Waals surface area (Å²) in [4.78, 5) is 11.9. The average molecular weight is 370 g/mol. The topological polar surface area (TPSA) is 61.5 Å². The highest BCUT2D eigenvalue weighted by Gasteiger charge is 2.39. The Hall–Kier alpha value is -1.40. The molecule has 1 aromatic carbocycles. The molecule has 25 heavy (non-hydrogen) atoms. The fourth-order valence-corrected chi connectivity index (χ4v) is 2.90. The summed E-state index contributed by atoms with van der Waals surface area (Å²) in [5, 5.41) is 0.0768. The minimum Gasteiger partial charge on any atom is -0.544 e. The molecule has 2 atom stereocenters. The molecule has 0 amide bonds. The molecule has 2 unspecified atom stereocenters. The first-order chi connectivity index (χ1) is 11.1. The molecule has 1 aromatic rings. The van der Waals surface area contributed by atoms with Crippen LogP contribution in [0, 0.1) is 0 Å². The second-order valence-corrected chi connectivity index (χ2v) is 13.6. The molecule has 0 fully saturated rings. The monoisotopic (exact) mass is 369 g/mol. The van der Waals surface area contributed by atoms with E-state index in [1.165, 1.54) is 0 Å².